The summed E-state index contributed by atoms with van der Waals surface area (Å²) in [5.41, 5.74) is 0.333. The first-order chi connectivity index (χ1) is 8.74. The summed E-state index contributed by atoms with van der Waals surface area (Å²) in [6.07, 6.45) is 5.78. The Bertz CT molecular complexity index is 416. The predicted molar refractivity (Wildman–Crippen MR) is 65.7 cm³/mol. The average molecular weight is 250 g/mol. The van der Waals surface area contributed by atoms with Gasteiger partial charge in [0.05, 0.1) is 13.2 Å². The van der Waals surface area contributed by atoms with E-state index in [0.29, 0.717) is 30.0 Å². The van der Waals surface area contributed by atoms with E-state index < -0.39 is 0 Å². The number of carbonyl (C=O) groups excluding carboxylic acids is 1. The van der Waals surface area contributed by atoms with Gasteiger partial charge < -0.3 is 9.47 Å². The number of methoxy groups -OCH3 is 1. The van der Waals surface area contributed by atoms with E-state index in [2.05, 4.69) is 9.97 Å². The minimum absolute atomic E-state index is 0.0000940. The zero-order valence-corrected chi connectivity index (χ0v) is 10.8. The maximum Gasteiger partial charge on any atom is 0.243 e. The summed E-state index contributed by atoms with van der Waals surface area (Å²) in [7, 11) is 1.50. The lowest BCUT2D eigenvalue weighted by molar-refractivity contribution is -0.0246. The zero-order valence-electron chi connectivity index (χ0n) is 10.8. The molecule has 0 bridgehead atoms. The van der Waals surface area contributed by atoms with Crippen LogP contribution in [0.3, 0.4) is 0 Å². The molecule has 0 aromatic carbocycles. The number of carbonyl (C=O) groups is 1. The predicted octanol–water partition coefficient (Wildman–Crippen LogP) is 1.87. The molecule has 0 atom stereocenters. The van der Waals surface area contributed by atoms with Gasteiger partial charge in [0.25, 0.3) is 0 Å². The first kappa shape index (κ1) is 13.0. The minimum atomic E-state index is -0.0000940. The highest BCUT2D eigenvalue weighted by Crippen LogP contribution is 2.33. The molecule has 0 aliphatic heterocycles. The van der Waals surface area contributed by atoms with Crippen molar-refractivity contribution in [3.8, 4) is 5.88 Å². The summed E-state index contributed by atoms with van der Waals surface area (Å²) in [6, 6.07) is 0. The van der Waals surface area contributed by atoms with Crippen LogP contribution >= 0.6 is 0 Å². The lowest BCUT2D eigenvalue weighted by Crippen LogP contribution is -2.32. The van der Waals surface area contributed by atoms with Gasteiger partial charge in [0.2, 0.25) is 5.88 Å². The van der Waals surface area contributed by atoms with Crippen LogP contribution in [-0.2, 0) is 4.74 Å². The van der Waals surface area contributed by atoms with Crippen molar-refractivity contribution < 1.29 is 14.3 Å². The molecule has 0 amide bonds. The van der Waals surface area contributed by atoms with E-state index in [1.54, 1.807) is 0 Å². The molecule has 1 aliphatic carbocycles. The Morgan fingerprint density at radius 1 is 1.39 bits per heavy atom. The number of hydrogen-bond donors (Lipinski definition) is 0. The highest BCUT2D eigenvalue weighted by Gasteiger charge is 2.32. The van der Waals surface area contributed by atoms with Gasteiger partial charge in [-0.3, -0.25) is 4.79 Å². The number of rotatable bonds is 6. The third kappa shape index (κ3) is 2.85. The minimum Gasteiger partial charge on any atom is -0.479 e. The normalized spacial score (nSPS) is 22.3. The summed E-state index contributed by atoms with van der Waals surface area (Å²) >= 11 is 0. The molecule has 5 heteroatoms. The molecular weight excluding hydrogens is 232 g/mol. The van der Waals surface area contributed by atoms with E-state index >= 15 is 0 Å². The van der Waals surface area contributed by atoms with Crippen LogP contribution in [0.5, 0.6) is 5.88 Å². The lowest BCUT2D eigenvalue weighted by Gasteiger charge is -2.34. The summed E-state index contributed by atoms with van der Waals surface area (Å²) in [4.78, 5) is 20.1. The standard InChI is InChI=1S/C13H18N2O3/c1-3-18-10-6-9(7-10)8-11(16)12-13(17-2)15-5-4-14-12/h4-5,9-10H,3,6-8H2,1-2H3. The van der Waals surface area contributed by atoms with Crippen LogP contribution in [-0.4, -0.2) is 35.6 Å². The fourth-order valence-electron chi connectivity index (χ4n) is 2.24. The smallest absolute Gasteiger partial charge is 0.243 e. The van der Waals surface area contributed by atoms with E-state index in [1.807, 2.05) is 6.92 Å². The number of aromatic nitrogens is 2. The van der Waals surface area contributed by atoms with Gasteiger partial charge in [0, 0.05) is 25.4 Å². The van der Waals surface area contributed by atoms with Gasteiger partial charge in [-0.15, -0.1) is 0 Å². The van der Waals surface area contributed by atoms with E-state index in [9.17, 15) is 4.79 Å². The third-order valence-electron chi connectivity index (χ3n) is 3.19. The fourth-order valence-corrected chi connectivity index (χ4v) is 2.24. The third-order valence-corrected chi connectivity index (χ3v) is 3.19. The van der Waals surface area contributed by atoms with E-state index in [0.717, 1.165) is 19.4 Å². The zero-order chi connectivity index (χ0) is 13.0. The van der Waals surface area contributed by atoms with Crippen LogP contribution in [0, 0.1) is 5.92 Å². The molecule has 0 radical (unpaired) electrons. The number of ether oxygens (including phenoxy) is 2. The molecule has 1 saturated carbocycles. The Labute approximate surface area is 107 Å². The second kappa shape index (κ2) is 5.91. The number of ketones is 1. The first-order valence-electron chi connectivity index (χ1n) is 6.24. The summed E-state index contributed by atoms with van der Waals surface area (Å²) in [6.45, 7) is 2.73. The molecular formula is C13H18N2O3. The summed E-state index contributed by atoms with van der Waals surface area (Å²) < 4.78 is 10.5. The molecule has 2 rings (SSSR count). The van der Waals surface area contributed by atoms with Gasteiger partial charge in [-0.1, -0.05) is 0 Å². The Morgan fingerprint density at radius 3 is 2.78 bits per heavy atom. The van der Waals surface area contributed by atoms with Crippen LogP contribution < -0.4 is 4.74 Å². The van der Waals surface area contributed by atoms with Gasteiger partial charge in [-0.25, -0.2) is 9.97 Å². The van der Waals surface area contributed by atoms with Crippen molar-refractivity contribution in [2.24, 2.45) is 5.92 Å². The van der Waals surface area contributed by atoms with Crippen molar-refractivity contribution in [1.29, 1.82) is 0 Å². The number of nitrogens with zero attached hydrogens (tertiary/aromatic N) is 2. The van der Waals surface area contributed by atoms with Gasteiger partial charge in [-0.05, 0) is 25.7 Å². The molecule has 98 valence electrons. The molecule has 1 aromatic rings. The van der Waals surface area contributed by atoms with E-state index in [4.69, 9.17) is 9.47 Å². The Kier molecular flexibility index (Phi) is 4.25. The molecule has 0 spiro atoms. The maximum atomic E-state index is 12.1. The molecule has 1 aromatic heterocycles. The molecule has 0 unspecified atom stereocenters. The molecule has 1 aliphatic rings. The topological polar surface area (TPSA) is 61.3 Å². The average Bonchev–Trinajstić information content (AvgIpc) is 2.36. The van der Waals surface area contributed by atoms with Gasteiger partial charge in [-0.2, -0.15) is 0 Å². The molecule has 5 nitrogen and oxygen atoms in total. The van der Waals surface area contributed by atoms with Gasteiger partial charge >= 0.3 is 0 Å². The quantitative estimate of drug-likeness (QED) is 0.721. The SMILES string of the molecule is CCOC1CC(CC(=O)c2nccnc2OC)C1. The Hall–Kier alpha value is -1.49. The van der Waals surface area contributed by atoms with Crippen LogP contribution in [0.25, 0.3) is 0 Å². The van der Waals surface area contributed by atoms with E-state index in [-0.39, 0.29) is 5.78 Å². The van der Waals surface area contributed by atoms with Crippen molar-refractivity contribution in [2.45, 2.75) is 32.3 Å². The van der Waals surface area contributed by atoms with Gasteiger partial charge in [0.1, 0.15) is 0 Å². The first-order valence-corrected chi connectivity index (χ1v) is 6.24. The lowest BCUT2D eigenvalue weighted by atomic mass is 9.78. The fraction of sp³-hybridized carbons (Fsp3) is 0.615. The number of hydrogen-bond acceptors (Lipinski definition) is 5. The largest absolute Gasteiger partial charge is 0.479 e. The van der Waals surface area contributed by atoms with Crippen molar-refractivity contribution in [1.82, 2.24) is 9.97 Å². The second-order valence-electron chi connectivity index (χ2n) is 4.46. The van der Waals surface area contributed by atoms with Crippen LogP contribution in [0.1, 0.15) is 36.7 Å². The monoisotopic (exact) mass is 250 g/mol. The molecule has 1 heterocycles. The Morgan fingerprint density at radius 2 is 2.11 bits per heavy atom. The van der Waals surface area contributed by atoms with Crippen molar-refractivity contribution >= 4 is 5.78 Å². The van der Waals surface area contributed by atoms with Crippen LogP contribution in [0.15, 0.2) is 12.4 Å². The van der Waals surface area contributed by atoms with Crippen molar-refractivity contribution in [2.75, 3.05) is 13.7 Å². The maximum absolute atomic E-state index is 12.1. The highest BCUT2D eigenvalue weighted by molar-refractivity contribution is 5.96. The highest BCUT2D eigenvalue weighted by atomic mass is 16.5. The summed E-state index contributed by atoms with van der Waals surface area (Å²) in [5, 5.41) is 0. The van der Waals surface area contributed by atoms with Crippen molar-refractivity contribution in [3.05, 3.63) is 18.1 Å². The summed E-state index contributed by atoms with van der Waals surface area (Å²) in [5.74, 6) is 0.712. The molecule has 18 heavy (non-hydrogen) atoms. The van der Waals surface area contributed by atoms with E-state index in [1.165, 1.54) is 19.5 Å². The van der Waals surface area contributed by atoms with Gasteiger partial charge in [0.15, 0.2) is 11.5 Å². The molecule has 0 saturated heterocycles. The van der Waals surface area contributed by atoms with Crippen LogP contribution in [0.2, 0.25) is 0 Å². The Balaban J connectivity index is 1.89. The van der Waals surface area contributed by atoms with Crippen molar-refractivity contribution in [3.63, 3.8) is 0 Å². The van der Waals surface area contributed by atoms with Crippen LogP contribution in [0.4, 0.5) is 0 Å². The molecule has 1 fully saturated rings. The molecule has 0 N–H and O–H groups in total. The second-order valence-corrected chi connectivity index (χ2v) is 4.46. The number of Topliss-reactive ketones (excluding diaryl/α,β-unsaturated/α-hetero) is 1.